The first-order chi connectivity index (χ1) is 11.2. The van der Waals surface area contributed by atoms with Crippen molar-refractivity contribution in [3.63, 3.8) is 0 Å². The smallest absolute Gasteiger partial charge is 0.134 e. The Morgan fingerprint density at radius 2 is 1.56 bits per heavy atom. The molecule has 0 aromatic carbocycles. The van der Waals surface area contributed by atoms with Crippen LogP contribution in [-0.4, -0.2) is 42.4 Å². The molecule has 0 aliphatic rings. The lowest BCUT2D eigenvalue weighted by Crippen LogP contribution is -2.48. The largest absolute Gasteiger partial charge is 0.378 e. The zero-order chi connectivity index (χ0) is 19.9. The second-order valence-electron chi connectivity index (χ2n) is 9.14. The molecule has 0 aliphatic carbocycles. The van der Waals surface area contributed by atoms with Crippen molar-refractivity contribution in [3.05, 3.63) is 0 Å². The van der Waals surface area contributed by atoms with Crippen LogP contribution in [-0.2, 0) is 19.0 Å². The van der Waals surface area contributed by atoms with Crippen molar-refractivity contribution >= 4 is 5.78 Å². The zero-order valence-corrected chi connectivity index (χ0v) is 18.3. The van der Waals surface area contributed by atoms with E-state index in [0.717, 1.165) is 6.42 Å². The molecule has 0 aromatic heterocycles. The fraction of sp³-hybridized carbons (Fsp3) is 0.952. The normalized spacial score (nSPS) is 14.8. The topological polar surface area (TPSA) is 44.8 Å². The van der Waals surface area contributed by atoms with Gasteiger partial charge in [0.05, 0.1) is 36.6 Å². The van der Waals surface area contributed by atoms with Gasteiger partial charge < -0.3 is 14.2 Å². The molecular weight excluding hydrogens is 316 g/mol. The summed E-state index contributed by atoms with van der Waals surface area (Å²) >= 11 is 0. The molecule has 0 rings (SSSR count). The van der Waals surface area contributed by atoms with Gasteiger partial charge >= 0.3 is 0 Å². The van der Waals surface area contributed by atoms with Gasteiger partial charge in [0.1, 0.15) is 5.78 Å². The third kappa shape index (κ3) is 9.72. The van der Waals surface area contributed by atoms with Crippen molar-refractivity contribution in [2.24, 2.45) is 5.41 Å². The van der Waals surface area contributed by atoms with E-state index in [1.807, 2.05) is 6.92 Å². The van der Waals surface area contributed by atoms with Gasteiger partial charge in [-0.15, -0.1) is 0 Å². The van der Waals surface area contributed by atoms with Gasteiger partial charge in [-0.05, 0) is 48.5 Å². The van der Waals surface area contributed by atoms with E-state index in [2.05, 4.69) is 62.3 Å². The van der Waals surface area contributed by atoms with E-state index in [1.54, 1.807) is 0 Å². The second kappa shape index (κ2) is 10.0. The highest BCUT2D eigenvalue weighted by molar-refractivity contribution is 5.78. The van der Waals surface area contributed by atoms with Gasteiger partial charge in [-0.2, -0.15) is 0 Å². The summed E-state index contributed by atoms with van der Waals surface area (Å²) < 4.78 is 18.1. The number of rotatable bonds is 13. The van der Waals surface area contributed by atoms with Gasteiger partial charge in [0.15, 0.2) is 0 Å². The molecule has 0 spiro atoms. The summed E-state index contributed by atoms with van der Waals surface area (Å²) in [6.45, 7) is 21.9. The maximum Gasteiger partial charge on any atom is 0.134 e. The lowest BCUT2D eigenvalue weighted by Gasteiger charge is -2.44. The average molecular weight is 359 g/mol. The molecule has 0 heterocycles. The van der Waals surface area contributed by atoms with Gasteiger partial charge in [0.25, 0.3) is 0 Å². The highest BCUT2D eigenvalue weighted by Gasteiger charge is 2.40. The van der Waals surface area contributed by atoms with E-state index >= 15 is 0 Å². The van der Waals surface area contributed by atoms with E-state index < -0.39 is 0 Å². The maximum atomic E-state index is 11.4. The first-order valence-electron chi connectivity index (χ1n) is 9.67. The third-order valence-corrected chi connectivity index (χ3v) is 4.95. The molecule has 150 valence electrons. The molecule has 0 aliphatic heterocycles. The second-order valence-corrected chi connectivity index (χ2v) is 9.14. The lowest BCUT2D eigenvalue weighted by molar-refractivity contribution is -0.170. The summed E-state index contributed by atoms with van der Waals surface area (Å²) in [5, 5.41) is 0. The molecule has 0 bridgehead atoms. The average Bonchev–Trinajstić information content (AvgIpc) is 2.43. The van der Waals surface area contributed by atoms with Gasteiger partial charge in [0.2, 0.25) is 0 Å². The molecule has 0 aromatic rings. The lowest BCUT2D eigenvalue weighted by atomic mass is 9.77. The van der Waals surface area contributed by atoms with Crippen LogP contribution < -0.4 is 0 Å². The quantitative estimate of drug-likeness (QED) is 0.455. The Balaban J connectivity index is 4.58. The fourth-order valence-corrected chi connectivity index (χ4v) is 2.62. The number of hydrogen-bond donors (Lipinski definition) is 0. The van der Waals surface area contributed by atoms with Crippen molar-refractivity contribution in [2.75, 3.05) is 13.2 Å². The fourth-order valence-electron chi connectivity index (χ4n) is 2.62. The molecule has 1 unspecified atom stereocenters. The van der Waals surface area contributed by atoms with Crippen LogP contribution in [0.4, 0.5) is 0 Å². The van der Waals surface area contributed by atoms with Crippen molar-refractivity contribution in [3.8, 4) is 0 Å². The Labute approximate surface area is 156 Å². The first-order valence-corrected chi connectivity index (χ1v) is 9.67. The van der Waals surface area contributed by atoms with Crippen molar-refractivity contribution in [1.29, 1.82) is 0 Å². The number of ketones is 1. The van der Waals surface area contributed by atoms with Crippen LogP contribution in [0.1, 0.15) is 88.5 Å². The molecule has 0 radical (unpaired) electrons. The Kier molecular flexibility index (Phi) is 9.85. The molecule has 0 saturated carbocycles. The first kappa shape index (κ1) is 24.6. The Morgan fingerprint density at radius 3 is 2.04 bits per heavy atom. The minimum atomic E-state index is -0.324. The van der Waals surface area contributed by atoms with Crippen LogP contribution in [0.2, 0.25) is 0 Å². The maximum absolute atomic E-state index is 11.4. The summed E-state index contributed by atoms with van der Waals surface area (Å²) in [4.78, 5) is 11.4. The predicted octanol–water partition coefficient (Wildman–Crippen LogP) is 5.18. The summed E-state index contributed by atoms with van der Waals surface area (Å²) in [5.74, 6) is 0.244. The van der Waals surface area contributed by atoms with Gasteiger partial charge in [0, 0.05) is 24.7 Å². The molecule has 0 N–H and O–H groups in total. The molecular formula is C21H42O4. The summed E-state index contributed by atoms with van der Waals surface area (Å²) in [7, 11) is 0. The highest BCUT2D eigenvalue weighted by Crippen LogP contribution is 2.36. The minimum absolute atomic E-state index is 0.0465. The number of carbonyl (C=O) groups is 1. The van der Waals surface area contributed by atoms with Gasteiger partial charge in [-0.1, -0.05) is 20.8 Å². The molecule has 4 heteroatoms. The standard InChI is InChI=1S/C21H42O4/c1-11-18(22)12-13-24-20(7,8)14-17(4)25-21(9,10)19(5,6)15-23-16(2)3/h16-17H,11-15H2,1-10H3. The number of Topliss-reactive ketones (excluding diaryl/α,β-unsaturated/α-hetero) is 1. The molecule has 0 fully saturated rings. The molecule has 4 nitrogen and oxygen atoms in total. The van der Waals surface area contributed by atoms with Gasteiger partial charge in [-0.25, -0.2) is 0 Å². The molecule has 25 heavy (non-hydrogen) atoms. The van der Waals surface area contributed by atoms with E-state index in [4.69, 9.17) is 14.2 Å². The van der Waals surface area contributed by atoms with Crippen LogP contribution in [0.3, 0.4) is 0 Å². The van der Waals surface area contributed by atoms with E-state index in [1.165, 1.54) is 0 Å². The van der Waals surface area contributed by atoms with Crippen molar-refractivity contribution < 1.29 is 19.0 Å². The molecule has 1 atom stereocenters. The number of hydrogen-bond acceptors (Lipinski definition) is 4. The van der Waals surface area contributed by atoms with E-state index in [-0.39, 0.29) is 34.6 Å². The van der Waals surface area contributed by atoms with E-state index in [0.29, 0.717) is 26.1 Å². The van der Waals surface area contributed by atoms with Crippen LogP contribution in [0, 0.1) is 5.41 Å². The summed E-state index contributed by atoms with van der Waals surface area (Å²) in [6.07, 6.45) is 2.10. The van der Waals surface area contributed by atoms with Crippen molar-refractivity contribution in [2.45, 2.75) is 112 Å². The van der Waals surface area contributed by atoms with E-state index in [9.17, 15) is 4.79 Å². The molecule has 0 amide bonds. The molecule has 0 saturated heterocycles. The Morgan fingerprint density at radius 1 is 1.00 bits per heavy atom. The van der Waals surface area contributed by atoms with Crippen LogP contribution >= 0.6 is 0 Å². The Bertz CT molecular complexity index is 397. The van der Waals surface area contributed by atoms with Gasteiger partial charge in [-0.3, -0.25) is 4.79 Å². The monoisotopic (exact) mass is 358 g/mol. The minimum Gasteiger partial charge on any atom is -0.378 e. The third-order valence-electron chi connectivity index (χ3n) is 4.95. The number of carbonyl (C=O) groups excluding carboxylic acids is 1. The highest BCUT2D eigenvalue weighted by atomic mass is 16.5. The summed E-state index contributed by atoms with van der Waals surface area (Å²) in [6, 6.07) is 0. The van der Waals surface area contributed by atoms with Crippen LogP contribution in [0.15, 0.2) is 0 Å². The summed E-state index contributed by atoms with van der Waals surface area (Å²) in [5.41, 5.74) is -0.748. The van der Waals surface area contributed by atoms with Crippen LogP contribution in [0.25, 0.3) is 0 Å². The predicted molar refractivity (Wildman–Crippen MR) is 104 cm³/mol. The van der Waals surface area contributed by atoms with Crippen LogP contribution in [0.5, 0.6) is 0 Å². The zero-order valence-electron chi connectivity index (χ0n) is 18.3. The number of ether oxygens (including phenoxy) is 3. The van der Waals surface area contributed by atoms with Crippen molar-refractivity contribution in [1.82, 2.24) is 0 Å². The SMILES string of the molecule is CCC(=O)CCOC(C)(C)CC(C)OC(C)(C)C(C)(C)COC(C)C. The Hall–Kier alpha value is -0.450.